The molecule has 134 valence electrons. The normalized spacial score (nSPS) is 17.2. The van der Waals surface area contributed by atoms with E-state index < -0.39 is 0 Å². The fourth-order valence-electron chi connectivity index (χ4n) is 3.77. The van der Waals surface area contributed by atoms with Gasteiger partial charge < -0.3 is 9.47 Å². The summed E-state index contributed by atoms with van der Waals surface area (Å²) in [6, 6.07) is 10.8. The van der Waals surface area contributed by atoms with Gasteiger partial charge in [-0.25, -0.2) is 4.98 Å². The summed E-state index contributed by atoms with van der Waals surface area (Å²) >= 11 is 0. The van der Waals surface area contributed by atoms with Gasteiger partial charge in [0, 0.05) is 44.4 Å². The minimum atomic E-state index is 0.328. The van der Waals surface area contributed by atoms with Gasteiger partial charge in [0.2, 0.25) is 5.91 Å². The molecule has 3 rings (SSSR count). The van der Waals surface area contributed by atoms with Crippen LogP contribution in [0.25, 0.3) is 0 Å². The molecule has 1 aliphatic heterocycles. The summed E-state index contributed by atoms with van der Waals surface area (Å²) < 4.78 is 2.15. The Kier molecular flexibility index (Phi) is 5.90. The molecule has 1 amide bonds. The Morgan fingerprint density at radius 1 is 1.24 bits per heavy atom. The maximum atomic E-state index is 12.6. The standard InChI is InChI=1S/C21H29N3O/c1-17-16-22-20(23(17)2)14-13-19-11-7-15-24(19)21(25)12-6-10-18-8-4-3-5-9-18/h3-5,8-9,16,19H,6-7,10-15H2,1-2H3/t19-/m1/s1. The van der Waals surface area contributed by atoms with Crippen LogP contribution in [0.1, 0.15) is 49.2 Å². The van der Waals surface area contributed by atoms with Gasteiger partial charge >= 0.3 is 0 Å². The van der Waals surface area contributed by atoms with E-state index in [9.17, 15) is 4.79 Å². The van der Waals surface area contributed by atoms with Crippen molar-refractivity contribution < 1.29 is 4.79 Å². The van der Waals surface area contributed by atoms with Crippen LogP contribution in [0.5, 0.6) is 0 Å². The first-order valence-electron chi connectivity index (χ1n) is 9.45. The largest absolute Gasteiger partial charge is 0.340 e. The molecule has 2 aromatic rings. The molecule has 1 saturated heterocycles. The molecule has 0 saturated carbocycles. The molecule has 1 aromatic carbocycles. The Morgan fingerprint density at radius 2 is 2.04 bits per heavy atom. The zero-order chi connectivity index (χ0) is 17.6. The molecule has 4 nitrogen and oxygen atoms in total. The second-order valence-electron chi connectivity index (χ2n) is 7.14. The Labute approximate surface area is 150 Å². The molecule has 4 heteroatoms. The van der Waals surface area contributed by atoms with Crippen molar-refractivity contribution in [3.63, 3.8) is 0 Å². The van der Waals surface area contributed by atoms with E-state index in [0.29, 0.717) is 18.4 Å². The number of amides is 1. The van der Waals surface area contributed by atoms with Crippen LogP contribution in [0, 0.1) is 6.92 Å². The smallest absolute Gasteiger partial charge is 0.222 e. The third-order valence-electron chi connectivity index (χ3n) is 5.41. The van der Waals surface area contributed by atoms with E-state index in [4.69, 9.17) is 0 Å². The first-order chi connectivity index (χ1) is 12.1. The van der Waals surface area contributed by atoms with Crippen LogP contribution in [-0.4, -0.2) is 32.9 Å². The van der Waals surface area contributed by atoms with Crippen molar-refractivity contribution in [2.45, 2.75) is 57.9 Å². The first-order valence-corrected chi connectivity index (χ1v) is 9.45. The lowest BCUT2D eigenvalue weighted by Gasteiger charge is -2.25. The van der Waals surface area contributed by atoms with E-state index in [0.717, 1.165) is 50.9 Å². The summed E-state index contributed by atoms with van der Waals surface area (Å²) in [5.41, 5.74) is 2.51. The second kappa shape index (κ2) is 8.32. The van der Waals surface area contributed by atoms with Gasteiger partial charge in [0.15, 0.2) is 0 Å². The minimum Gasteiger partial charge on any atom is -0.340 e. The van der Waals surface area contributed by atoms with Gasteiger partial charge in [-0.1, -0.05) is 30.3 Å². The average Bonchev–Trinajstić information content (AvgIpc) is 3.22. The number of carbonyl (C=O) groups excluding carboxylic acids is 1. The molecule has 0 radical (unpaired) electrons. The maximum Gasteiger partial charge on any atom is 0.222 e. The number of benzene rings is 1. The number of nitrogens with zero attached hydrogens (tertiary/aromatic N) is 3. The third kappa shape index (κ3) is 4.50. The van der Waals surface area contributed by atoms with E-state index in [1.807, 2.05) is 12.3 Å². The van der Waals surface area contributed by atoms with Crippen molar-refractivity contribution in [2.75, 3.05) is 6.54 Å². The fraction of sp³-hybridized carbons (Fsp3) is 0.524. The summed E-state index contributed by atoms with van der Waals surface area (Å²) in [7, 11) is 2.07. The minimum absolute atomic E-state index is 0.328. The molecule has 2 heterocycles. The number of aromatic nitrogens is 2. The van der Waals surface area contributed by atoms with Crippen LogP contribution >= 0.6 is 0 Å². The SMILES string of the molecule is Cc1cnc(CC[C@H]2CCCN2C(=O)CCCc2ccccc2)n1C. The number of hydrogen-bond acceptors (Lipinski definition) is 2. The quantitative estimate of drug-likeness (QED) is 0.772. The van der Waals surface area contributed by atoms with Gasteiger partial charge in [0.05, 0.1) is 0 Å². The summed E-state index contributed by atoms with van der Waals surface area (Å²) in [4.78, 5) is 19.2. The highest BCUT2D eigenvalue weighted by atomic mass is 16.2. The Balaban J connectivity index is 1.47. The van der Waals surface area contributed by atoms with Crippen molar-refractivity contribution >= 4 is 5.91 Å². The predicted octanol–water partition coefficient (Wildman–Crippen LogP) is 3.68. The van der Waals surface area contributed by atoms with E-state index in [2.05, 4.69) is 52.7 Å². The van der Waals surface area contributed by atoms with Crippen molar-refractivity contribution in [2.24, 2.45) is 7.05 Å². The lowest BCUT2D eigenvalue weighted by atomic mass is 10.1. The van der Waals surface area contributed by atoms with Gasteiger partial charge in [-0.15, -0.1) is 0 Å². The number of aryl methyl sites for hydroxylation is 3. The maximum absolute atomic E-state index is 12.6. The molecule has 1 fully saturated rings. The molecule has 25 heavy (non-hydrogen) atoms. The molecule has 0 bridgehead atoms. The van der Waals surface area contributed by atoms with Crippen molar-refractivity contribution in [1.29, 1.82) is 0 Å². The number of rotatable bonds is 7. The van der Waals surface area contributed by atoms with E-state index >= 15 is 0 Å². The van der Waals surface area contributed by atoms with Gasteiger partial charge in [0.25, 0.3) is 0 Å². The van der Waals surface area contributed by atoms with Crippen LogP contribution in [0.2, 0.25) is 0 Å². The first kappa shape index (κ1) is 17.7. The predicted molar refractivity (Wildman–Crippen MR) is 100 cm³/mol. The number of carbonyl (C=O) groups is 1. The van der Waals surface area contributed by atoms with Crippen LogP contribution in [0.3, 0.4) is 0 Å². The summed E-state index contributed by atoms with van der Waals surface area (Å²) in [6.07, 6.45) is 8.74. The zero-order valence-corrected chi connectivity index (χ0v) is 15.4. The van der Waals surface area contributed by atoms with Crippen LogP contribution < -0.4 is 0 Å². The van der Waals surface area contributed by atoms with Gasteiger partial charge in [-0.05, 0) is 44.6 Å². The average molecular weight is 339 g/mol. The lowest BCUT2D eigenvalue weighted by Crippen LogP contribution is -2.35. The number of hydrogen-bond donors (Lipinski definition) is 0. The molecule has 1 atom stereocenters. The number of imidazole rings is 1. The molecule has 0 unspecified atom stereocenters. The Hall–Kier alpha value is -2.10. The van der Waals surface area contributed by atoms with Crippen LogP contribution in [0.4, 0.5) is 0 Å². The lowest BCUT2D eigenvalue weighted by molar-refractivity contribution is -0.132. The molecule has 1 aromatic heterocycles. The highest BCUT2D eigenvalue weighted by Gasteiger charge is 2.28. The monoisotopic (exact) mass is 339 g/mol. The third-order valence-corrected chi connectivity index (χ3v) is 5.41. The zero-order valence-electron chi connectivity index (χ0n) is 15.4. The fourth-order valence-corrected chi connectivity index (χ4v) is 3.77. The molecular formula is C21H29N3O. The van der Waals surface area contributed by atoms with E-state index in [-0.39, 0.29) is 0 Å². The molecule has 0 spiro atoms. The van der Waals surface area contributed by atoms with Gasteiger partial charge in [-0.3, -0.25) is 4.79 Å². The highest BCUT2D eigenvalue weighted by molar-refractivity contribution is 5.76. The van der Waals surface area contributed by atoms with E-state index in [1.165, 1.54) is 11.3 Å². The van der Waals surface area contributed by atoms with Gasteiger partial charge in [0.1, 0.15) is 5.82 Å². The molecular weight excluding hydrogens is 310 g/mol. The summed E-state index contributed by atoms with van der Waals surface area (Å²) in [6.45, 7) is 3.00. The molecule has 0 aliphatic carbocycles. The summed E-state index contributed by atoms with van der Waals surface area (Å²) in [5, 5.41) is 0. The van der Waals surface area contributed by atoms with Gasteiger partial charge in [-0.2, -0.15) is 0 Å². The Bertz CT molecular complexity index is 692. The second-order valence-corrected chi connectivity index (χ2v) is 7.14. The topological polar surface area (TPSA) is 38.1 Å². The molecule has 1 aliphatic rings. The summed E-state index contributed by atoms with van der Waals surface area (Å²) in [5.74, 6) is 1.45. The van der Waals surface area contributed by atoms with Crippen molar-refractivity contribution in [3.05, 3.63) is 53.6 Å². The van der Waals surface area contributed by atoms with E-state index in [1.54, 1.807) is 0 Å². The van der Waals surface area contributed by atoms with Crippen molar-refractivity contribution in [3.8, 4) is 0 Å². The van der Waals surface area contributed by atoms with Crippen molar-refractivity contribution in [1.82, 2.24) is 14.5 Å². The highest BCUT2D eigenvalue weighted by Crippen LogP contribution is 2.23. The Morgan fingerprint density at radius 3 is 2.76 bits per heavy atom. The van der Waals surface area contributed by atoms with Crippen LogP contribution in [0.15, 0.2) is 36.5 Å². The molecule has 0 N–H and O–H groups in total. The van der Waals surface area contributed by atoms with Crippen LogP contribution in [-0.2, 0) is 24.7 Å². The number of likely N-dealkylation sites (tertiary alicyclic amines) is 1.